The maximum atomic E-state index is 11.9. The summed E-state index contributed by atoms with van der Waals surface area (Å²) < 4.78 is 7.33. The van der Waals surface area contributed by atoms with Crippen molar-refractivity contribution < 1.29 is 9.84 Å². The number of benzene rings is 1. The van der Waals surface area contributed by atoms with Crippen LogP contribution in [0.25, 0.3) is 0 Å². The number of hydrogen-bond acceptors (Lipinski definition) is 4. The van der Waals surface area contributed by atoms with Gasteiger partial charge in [-0.2, -0.15) is 0 Å². The molecular weight excluding hydrogens is 296 g/mol. The molecule has 23 heavy (non-hydrogen) atoms. The van der Waals surface area contributed by atoms with E-state index in [4.69, 9.17) is 4.74 Å². The van der Waals surface area contributed by atoms with Crippen LogP contribution in [0, 0.1) is 0 Å². The van der Waals surface area contributed by atoms with E-state index in [0.29, 0.717) is 19.4 Å². The molecule has 2 aromatic rings. The molecule has 0 spiro atoms. The van der Waals surface area contributed by atoms with Crippen LogP contribution in [-0.4, -0.2) is 26.9 Å². The summed E-state index contributed by atoms with van der Waals surface area (Å²) in [5.74, 6) is 0. The third-order valence-corrected chi connectivity index (χ3v) is 4.27. The topological polar surface area (TPSA) is 84.3 Å². The molecule has 3 rings (SSSR count). The number of nitrogens with zero attached hydrogens (tertiary/aromatic N) is 1. The molecule has 0 bridgehead atoms. The van der Waals surface area contributed by atoms with Gasteiger partial charge in [-0.25, -0.2) is 4.79 Å². The summed E-state index contributed by atoms with van der Waals surface area (Å²) in [5, 5.41) is 10.2. The van der Waals surface area contributed by atoms with Crippen molar-refractivity contribution in [3.8, 4) is 0 Å². The molecule has 1 aromatic carbocycles. The van der Waals surface area contributed by atoms with Gasteiger partial charge in [-0.05, 0) is 24.8 Å². The highest BCUT2D eigenvalue weighted by molar-refractivity contribution is 5.13. The smallest absolute Gasteiger partial charge is 0.328 e. The number of aromatic nitrogens is 2. The molecule has 0 radical (unpaired) electrons. The largest absolute Gasteiger partial charge is 0.391 e. The van der Waals surface area contributed by atoms with Crippen molar-refractivity contribution in [2.45, 2.75) is 44.1 Å². The van der Waals surface area contributed by atoms with Crippen molar-refractivity contribution in [3.63, 3.8) is 0 Å². The summed E-state index contributed by atoms with van der Waals surface area (Å²) in [6.07, 6.45) is 2.66. The van der Waals surface area contributed by atoms with E-state index in [-0.39, 0.29) is 12.1 Å². The number of rotatable bonds is 4. The van der Waals surface area contributed by atoms with Crippen LogP contribution in [0.1, 0.15) is 30.9 Å². The van der Waals surface area contributed by atoms with Gasteiger partial charge in [0.05, 0.1) is 24.9 Å². The molecule has 0 aliphatic heterocycles. The molecule has 0 amide bonds. The molecule has 1 aliphatic carbocycles. The predicted octanol–water partition coefficient (Wildman–Crippen LogP) is 1.21. The standard InChI is InChI=1S/C17H20N2O4/c20-15-7-6-13(23-11-12-4-2-1-3-5-12)10-14(15)19-9-8-16(21)18-17(19)22/h1-5,8-9,13-15,20H,6-7,10-11H2,(H,18,21,22)/t13-,14?,15-/m1/s1. The van der Waals surface area contributed by atoms with E-state index < -0.39 is 17.4 Å². The van der Waals surface area contributed by atoms with Crippen LogP contribution in [0.4, 0.5) is 0 Å². The second-order valence-corrected chi connectivity index (χ2v) is 5.88. The molecule has 2 N–H and O–H groups in total. The fourth-order valence-corrected chi connectivity index (χ4v) is 3.02. The number of aromatic amines is 1. The third kappa shape index (κ3) is 3.78. The van der Waals surface area contributed by atoms with Gasteiger partial charge in [0.25, 0.3) is 5.56 Å². The number of nitrogens with one attached hydrogen (secondary N) is 1. The van der Waals surface area contributed by atoms with Crippen molar-refractivity contribution >= 4 is 0 Å². The van der Waals surface area contributed by atoms with Gasteiger partial charge in [0, 0.05) is 12.3 Å². The van der Waals surface area contributed by atoms with Crippen LogP contribution in [0.2, 0.25) is 0 Å². The van der Waals surface area contributed by atoms with Crippen LogP contribution >= 0.6 is 0 Å². The molecular formula is C17H20N2O4. The Morgan fingerprint density at radius 1 is 1.17 bits per heavy atom. The number of H-pyrrole nitrogens is 1. The first kappa shape index (κ1) is 15.7. The second-order valence-electron chi connectivity index (χ2n) is 5.88. The van der Waals surface area contributed by atoms with Crippen molar-refractivity contribution in [2.75, 3.05) is 0 Å². The molecule has 122 valence electrons. The Morgan fingerprint density at radius 2 is 1.96 bits per heavy atom. The normalized spacial score (nSPS) is 24.5. The van der Waals surface area contributed by atoms with E-state index in [1.807, 2.05) is 30.3 Å². The lowest BCUT2D eigenvalue weighted by Gasteiger charge is -2.34. The first-order chi connectivity index (χ1) is 11.1. The van der Waals surface area contributed by atoms with Crippen LogP contribution < -0.4 is 11.2 Å². The van der Waals surface area contributed by atoms with Gasteiger partial charge in [0.2, 0.25) is 0 Å². The van der Waals surface area contributed by atoms with Gasteiger partial charge in [0.15, 0.2) is 0 Å². The molecule has 1 aliphatic rings. The second kappa shape index (κ2) is 6.93. The highest BCUT2D eigenvalue weighted by Gasteiger charge is 2.31. The van der Waals surface area contributed by atoms with Gasteiger partial charge in [0.1, 0.15) is 0 Å². The Kier molecular flexibility index (Phi) is 4.73. The first-order valence-corrected chi connectivity index (χ1v) is 7.78. The van der Waals surface area contributed by atoms with Gasteiger partial charge in [-0.1, -0.05) is 30.3 Å². The van der Waals surface area contributed by atoms with E-state index in [1.54, 1.807) is 0 Å². The summed E-state index contributed by atoms with van der Waals surface area (Å²) >= 11 is 0. The van der Waals surface area contributed by atoms with Crippen LogP contribution in [-0.2, 0) is 11.3 Å². The van der Waals surface area contributed by atoms with Crippen molar-refractivity contribution in [3.05, 3.63) is 69.0 Å². The minimum Gasteiger partial charge on any atom is -0.391 e. The fraction of sp³-hybridized carbons (Fsp3) is 0.412. The number of aliphatic hydroxyl groups excluding tert-OH is 1. The Labute approximate surface area is 133 Å². The predicted molar refractivity (Wildman–Crippen MR) is 85.2 cm³/mol. The summed E-state index contributed by atoms with van der Waals surface area (Å²) in [7, 11) is 0. The van der Waals surface area contributed by atoms with E-state index in [9.17, 15) is 14.7 Å². The Hall–Kier alpha value is -2.18. The SMILES string of the molecule is O=c1ccn(C2C[C@H](OCc3ccccc3)CC[C@H]2O)c(=O)[nH]1. The van der Waals surface area contributed by atoms with Crippen LogP contribution in [0.15, 0.2) is 52.2 Å². The average Bonchev–Trinajstić information content (AvgIpc) is 2.55. The van der Waals surface area contributed by atoms with Crippen LogP contribution in [0.5, 0.6) is 0 Å². The Morgan fingerprint density at radius 3 is 2.70 bits per heavy atom. The van der Waals surface area contributed by atoms with Gasteiger partial charge < -0.3 is 9.84 Å². The Bertz CT molecular complexity index is 753. The molecule has 1 aromatic heterocycles. The summed E-state index contributed by atoms with van der Waals surface area (Å²) in [6.45, 7) is 0.509. The highest BCUT2D eigenvalue weighted by atomic mass is 16.5. The lowest BCUT2D eigenvalue weighted by atomic mass is 9.90. The van der Waals surface area contributed by atoms with E-state index >= 15 is 0 Å². The number of aliphatic hydroxyl groups is 1. The highest BCUT2D eigenvalue weighted by Crippen LogP contribution is 2.30. The van der Waals surface area contributed by atoms with Crippen LogP contribution in [0.3, 0.4) is 0 Å². The average molecular weight is 316 g/mol. The van der Waals surface area contributed by atoms with Gasteiger partial charge in [-0.15, -0.1) is 0 Å². The molecule has 1 unspecified atom stereocenters. The third-order valence-electron chi connectivity index (χ3n) is 4.27. The molecule has 1 saturated carbocycles. The fourth-order valence-electron chi connectivity index (χ4n) is 3.02. The monoisotopic (exact) mass is 316 g/mol. The minimum atomic E-state index is -0.616. The zero-order valence-electron chi connectivity index (χ0n) is 12.7. The first-order valence-electron chi connectivity index (χ1n) is 7.78. The summed E-state index contributed by atoms with van der Waals surface area (Å²) in [6, 6.07) is 10.8. The van der Waals surface area contributed by atoms with Crippen molar-refractivity contribution in [1.82, 2.24) is 9.55 Å². The zero-order valence-corrected chi connectivity index (χ0v) is 12.7. The molecule has 6 heteroatoms. The minimum absolute atomic E-state index is 0.0255. The van der Waals surface area contributed by atoms with E-state index in [0.717, 1.165) is 12.0 Å². The molecule has 1 heterocycles. The van der Waals surface area contributed by atoms with E-state index in [2.05, 4.69) is 4.98 Å². The summed E-state index contributed by atoms with van der Waals surface area (Å²) in [4.78, 5) is 25.3. The molecule has 3 atom stereocenters. The molecule has 6 nitrogen and oxygen atoms in total. The lowest BCUT2D eigenvalue weighted by Crippen LogP contribution is -2.41. The lowest BCUT2D eigenvalue weighted by molar-refractivity contribution is -0.0373. The maximum Gasteiger partial charge on any atom is 0.328 e. The van der Waals surface area contributed by atoms with Gasteiger partial charge in [-0.3, -0.25) is 14.3 Å². The van der Waals surface area contributed by atoms with Gasteiger partial charge >= 0.3 is 5.69 Å². The summed E-state index contributed by atoms with van der Waals surface area (Å²) in [5.41, 5.74) is 0.162. The Balaban J connectivity index is 1.69. The quantitative estimate of drug-likeness (QED) is 0.888. The maximum absolute atomic E-state index is 11.9. The molecule has 0 saturated heterocycles. The number of ether oxygens (including phenoxy) is 1. The van der Waals surface area contributed by atoms with E-state index in [1.165, 1.54) is 16.8 Å². The number of hydrogen-bond donors (Lipinski definition) is 2. The van der Waals surface area contributed by atoms with Crippen molar-refractivity contribution in [2.24, 2.45) is 0 Å². The molecule has 1 fully saturated rings. The van der Waals surface area contributed by atoms with Crippen molar-refractivity contribution in [1.29, 1.82) is 0 Å². The zero-order chi connectivity index (χ0) is 16.2.